The molecule has 2 nitrogen and oxygen atoms in total. The molecule has 0 aromatic carbocycles. The lowest BCUT2D eigenvalue weighted by atomic mass is 10.2. The molecule has 2 heteroatoms. The van der Waals surface area contributed by atoms with Crippen molar-refractivity contribution in [3.8, 4) is 6.07 Å². The van der Waals surface area contributed by atoms with Gasteiger partial charge in [-0.3, -0.25) is 0 Å². The fourth-order valence-electron chi connectivity index (χ4n) is 1.58. The molecule has 0 spiro atoms. The monoisotopic (exact) mass is 180 g/mol. The van der Waals surface area contributed by atoms with Gasteiger partial charge in [0, 0.05) is 6.54 Å². The Labute approximate surface area is 81.5 Å². The lowest BCUT2D eigenvalue weighted by Gasteiger charge is -2.21. The lowest BCUT2D eigenvalue weighted by molar-refractivity contribution is 0.260. The molecule has 0 aromatic heterocycles. The minimum absolute atomic E-state index is 0.180. The Kier molecular flexibility index (Phi) is 4.24. The molecule has 1 fully saturated rings. The van der Waals surface area contributed by atoms with E-state index in [1.165, 1.54) is 25.8 Å². The fraction of sp³-hybridized carbons (Fsp3) is 0.909. The number of hydrogen-bond acceptors (Lipinski definition) is 2. The molecule has 1 saturated carbocycles. The van der Waals surface area contributed by atoms with Gasteiger partial charge in [-0.05, 0) is 32.4 Å². The summed E-state index contributed by atoms with van der Waals surface area (Å²) in [5, 5.41) is 8.69. The van der Waals surface area contributed by atoms with Crippen LogP contribution in [-0.2, 0) is 0 Å². The molecule has 0 heterocycles. The van der Waals surface area contributed by atoms with Gasteiger partial charge in [0.25, 0.3) is 0 Å². The van der Waals surface area contributed by atoms with Crippen LogP contribution >= 0.6 is 0 Å². The Morgan fingerprint density at radius 3 is 2.69 bits per heavy atom. The normalized spacial score (nSPS) is 18.6. The van der Waals surface area contributed by atoms with E-state index in [4.69, 9.17) is 5.26 Å². The summed E-state index contributed by atoms with van der Waals surface area (Å²) in [6, 6.07) is 2.29. The van der Waals surface area contributed by atoms with Crippen LogP contribution in [0, 0.1) is 23.2 Å². The minimum atomic E-state index is 0.180. The van der Waals surface area contributed by atoms with Gasteiger partial charge in [-0.1, -0.05) is 19.8 Å². The van der Waals surface area contributed by atoms with Crippen LogP contribution in [0.3, 0.4) is 0 Å². The largest absolute Gasteiger partial charge is 0.302 e. The molecular weight excluding hydrogens is 160 g/mol. The molecule has 0 N–H and O–H groups in total. The first kappa shape index (κ1) is 10.5. The number of hydrogen-bond donors (Lipinski definition) is 0. The van der Waals surface area contributed by atoms with Gasteiger partial charge in [0.2, 0.25) is 0 Å². The Hall–Kier alpha value is -0.550. The van der Waals surface area contributed by atoms with Crippen molar-refractivity contribution in [2.24, 2.45) is 11.8 Å². The van der Waals surface area contributed by atoms with Crippen molar-refractivity contribution in [2.45, 2.75) is 33.1 Å². The summed E-state index contributed by atoms with van der Waals surface area (Å²) in [6.07, 6.45) is 4.21. The van der Waals surface area contributed by atoms with Crippen LogP contribution in [0.25, 0.3) is 0 Å². The number of nitriles is 1. The zero-order valence-corrected chi connectivity index (χ0v) is 8.79. The van der Waals surface area contributed by atoms with Crippen LogP contribution in [0.5, 0.6) is 0 Å². The minimum Gasteiger partial charge on any atom is -0.302 e. The summed E-state index contributed by atoms with van der Waals surface area (Å²) in [5.41, 5.74) is 0. The second-order valence-corrected chi connectivity index (χ2v) is 4.16. The summed E-state index contributed by atoms with van der Waals surface area (Å²) < 4.78 is 0. The van der Waals surface area contributed by atoms with E-state index in [0.29, 0.717) is 0 Å². The molecule has 0 aromatic rings. The molecule has 1 unspecified atom stereocenters. The zero-order valence-electron chi connectivity index (χ0n) is 8.79. The van der Waals surface area contributed by atoms with Crippen molar-refractivity contribution in [1.29, 1.82) is 5.26 Å². The van der Waals surface area contributed by atoms with Crippen LogP contribution in [-0.4, -0.2) is 24.5 Å². The van der Waals surface area contributed by atoms with Crippen LogP contribution in [0.15, 0.2) is 0 Å². The first-order chi connectivity index (χ1) is 6.26. The third-order valence-electron chi connectivity index (χ3n) is 2.75. The van der Waals surface area contributed by atoms with Gasteiger partial charge in [0.1, 0.15) is 0 Å². The predicted octanol–water partition coefficient (Wildman–Crippen LogP) is 2.27. The van der Waals surface area contributed by atoms with Crippen molar-refractivity contribution < 1.29 is 0 Å². The predicted molar refractivity (Wildman–Crippen MR) is 54.2 cm³/mol. The average molecular weight is 180 g/mol. The summed E-state index contributed by atoms with van der Waals surface area (Å²) in [6.45, 7) is 7.39. The summed E-state index contributed by atoms with van der Waals surface area (Å²) in [4.78, 5) is 2.40. The Morgan fingerprint density at radius 1 is 1.54 bits per heavy atom. The molecule has 1 rings (SSSR count). The maximum Gasteiger partial charge on any atom is 0.0666 e. The molecule has 1 aliphatic carbocycles. The van der Waals surface area contributed by atoms with Crippen LogP contribution in [0.4, 0.5) is 0 Å². The first-order valence-corrected chi connectivity index (χ1v) is 5.38. The quantitative estimate of drug-likeness (QED) is 0.627. The molecule has 0 radical (unpaired) electrons. The van der Waals surface area contributed by atoms with E-state index in [1.807, 2.05) is 6.92 Å². The van der Waals surface area contributed by atoms with E-state index in [0.717, 1.165) is 19.0 Å². The second-order valence-electron chi connectivity index (χ2n) is 4.16. The summed E-state index contributed by atoms with van der Waals surface area (Å²) in [7, 11) is 0. The molecule has 74 valence electrons. The van der Waals surface area contributed by atoms with Crippen molar-refractivity contribution in [3.63, 3.8) is 0 Å². The van der Waals surface area contributed by atoms with Gasteiger partial charge >= 0.3 is 0 Å². The maximum atomic E-state index is 8.69. The highest BCUT2D eigenvalue weighted by Gasteiger charge is 2.21. The Balaban J connectivity index is 2.13. The highest BCUT2D eigenvalue weighted by molar-refractivity contribution is 4.82. The molecule has 1 aliphatic rings. The van der Waals surface area contributed by atoms with E-state index < -0.39 is 0 Å². The third kappa shape index (κ3) is 4.28. The van der Waals surface area contributed by atoms with Gasteiger partial charge in [-0.25, -0.2) is 0 Å². The Bertz CT molecular complexity index is 179. The zero-order chi connectivity index (χ0) is 9.68. The fourth-order valence-corrected chi connectivity index (χ4v) is 1.58. The third-order valence-corrected chi connectivity index (χ3v) is 2.75. The lowest BCUT2D eigenvalue weighted by Crippen LogP contribution is -2.29. The molecule has 13 heavy (non-hydrogen) atoms. The molecular formula is C11H20N2. The van der Waals surface area contributed by atoms with E-state index in [-0.39, 0.29) is 5.92 Å². The van der Waals surface area contributed by atoms with Crippen LogP contribution < -0.4 is 0 Å². The number of rotatable bonds is 6. The molecule has 1 atom stereocenters. The van der Waals surface area contributed by atoms with Gasteiger partial charge in [-0.15, -0.1) is 0 Å². The molecule has 0 amide bonds. The highest BCUT2D eigenvalue weighted by atomic mass is 15.1. The summed E-state index contributed by atoms with van der Waals surface area (Å²) >= 11 is 0. The smallest absolute Gasteiger partial charge is 0.0666 e. The first-order valence-electron chi connectivity index (χ1n) is 5.38. The highest BCUT2D eigenvalue weighted by Crippen LogP contribution is 2.32. The molecule has 0 saturated heterocycles. The van der Waals surface area contributed by atoms with Gasteiger partial charge < -0.3 is 4.90 Å². The summed E-state index contributed by atoms with van der Waals surface area (Å²) in [5.74, 6) is 1.19. The van der Waals surface area contributed by atoms with Gasteiger partial charge in [0.05, 0.1) is 12.0 Å². The SMILES string of the molecule is CCN(CCC1CC1)CC(C)C#N. The van der Waals surface area contributed by atoms with Crippen molar-refractivity contribution in [2.75, 3.05) is 19.6 Å². The average Bonchev–Trinajstić information content (AvgIpc) is 2.95. The topological polar surface area (TPSA) is 27.0 Å². The van der Waals surface area contributed by atoms with Crippen molar-refractivity contribution in [1.82, 2.24) is 4.90 Å². The van der Waals surface area contributed by atoms with Gasteiger partial charge in [-0.2, -0.15) is 5.26 Å². The van der Waals surface area contributed by atoms with E-state index >= 15 is 0 Å². The molecule has 0 bridgehead atoms. The van der Waals surface area contributed by atoms with Crippen LogP contribution in [0.2, 0.25) is 0 Å². The van der Waals surface area contributed by atoms with Crippen molar-refractivity contribution >= 4 is 0 Å². The second kappa shape index (κ2) is 5.24. The molecule has 0 aliphatic heterocycles. The van der Waals surface area contributed by atoms with E-state index in [2.05, 4.69) is 17.9 Å². The maximum absolute atomic E-state index is 8.69. The van der Waals surface area contributed by atoms with Gasteiger partial charge in [0.15, 0.2) is 0 Å². The van der Waals surface area contributed by atoms with Crippen molar-refractivity contribution in [3.05, 3.63) is 0 Å². The van der Waals surface area contributed by atoms with Crippen LogP contribution in [0.1, 0.15) is 33.1 Å². The van der Waals surface area contributed by atoms with E-state index in [9.17, 15) is 0 Å². The standard InChI is InChI=1S/C11H20N2/c1-3-13(9-10(2)8-12)7-6-11-4-5-11/h10-11H,3-7,9H2,1-2H3. The van der Waals surface area contributed by atoms with E-state index in [1.54, 1.807) is 0 Å². The number of nitrogens with zero attached hydrogens (tertiary/aromatic N) is 2. The Morgan fingerprint density at radius 2 is 2.23 bits per heavy atom.